The number of amides is 1. The van der Waals surface area contributed by atoms with Gasteiger partial charge in [0.05, 0.1) is 10.6 Å². The highest BCUT2D eigenvalue weighted by Gasteiger charge is 2.14. The van der Waals surface area contributed by atoms with Crippen LogP contribution >= 0.6 is 23.2 Å². The van der Waals surface area contributed by atoms with E-state index in [2.05, 4.69) is 5.32 Å². The number of benzene rings is 3. The quantitative estimate of drug-likeness (QED) is 0.578. The zero-order valence-corrected chi connectivity index (χ0v) is 17.0. The summed E-state index contributed by atoms with van der Waals surface area (Å²) in [6, 6.07) is 17.3. The van der Waals surface area contributed by atoms with E-state index in [9.17, 15) is 13.2 Å². The summed E-state index contributed by atoms with van der Waals surface area (Å²) in [6.45, 7) is 0. The average molecular weight is 436 g/mol. The van der Waals surface area contributed by atoms with Gasteiger partial charge in [-0.25, -0.2) is 8.42 Å². The molecule has 0 heterocycles. The van der Waals surface area contributed by atoms with Crippen molar-refractivity contribution in [3.63, 3.8) is 0 Å². The third-order valence-corrected chi connectivity index (χ3v) is 5.35. The van der Waals surface area contributed by atoms with E-state index in [1.54, 1.807) is 42.5 Å². The molecule has 0 radical (unpaired) electrons. The lowest BCUT2D eigenvalue weighted by molar-refractivity contribution is 0.102. The summed E-state index contributed by atoms with van der Waals surface area (Å²) in [5.41, 5.74) is 0.539. The number of sulfone groups is 1. The second-order valence-electron chi connectivity index (χ2n) is 5.95. The highest BCUT2D eigenvalue weighted by molar-refractivity contribution is 7.90. The summed E-state index contributed by atoms with van der Waals surface area (Å²) in [6.07, 6.45) is 1.08. The van der Waals surface area contributed by atoms with Gasteiger partial charge in [-0.2, -0.15) is 0 Å². The molecule has 0 atom stereocenters. The Morgan fingerprint density at radius 3 is 2.29 bits per heavy atom. The molecule has 0 aliphatic carbocycles. The first-order valence-electron chi connectivity index (χ1n) is 8.07. The molecule has 0 bridgehead atoms. The Morgan fingerprint density at radius 1 is 0.929 bits per heavy atom. The van der Waals surface area contributed by atoms with E-state index in [4.69, 9.17) is 27.9 Å². The molecule has 3 aromatic rings. The van der Waals surface area contributed by atoms with Gasteiger partial charge in [0, 0.05) is 21.9 Å². The maximum Gasteiger partial charge on any atom is 0.255 e. The molecule has 5 nitrogen and oxygen atoms in total. The number of ether oxygens (including phenoxy) is 1. The number of anilines is 1. The van der Waals surface area contributed by atoms with Crippen molar-refractivity contribution < 1.29 is 17.9 Å². The number of carbonyl (C=O) groups is 1. The Balaban J connectivity index is 1.88. The monoisotopic (exact) mass is 435 g/mol. The lowest BCUT2D eigenvalue weighted by atomic mass is 10.2. The summed E-state index contributed by atoms with van der Waals surface area (Å²) in [4.78, 5) is 12.7. The lowest BCUT2D eigenvalue weighted by Gasteiger charge is -2.13. The molecule has 1 amide bonds. The average Bonchev–Trinajstić information content (AvgIpc) is 2.65. The van der Waals surface area contributed by atoms with Crippen LogP contribution in [-0.4, -0.2) is 20.6 Å². The van der Waals surface area contributed by atoms with Gasteiger partial charge in [0.15, 0.2) is 15.6 Å². The maximum atomic E-state index is 12.6. The molecule has 0 saturated heterocycles. The van der Waals surface area contributed by atoms with Crippen LogP contribution in [0.25, 0.3) is 0 Å². The van der Waals surface area contributed by atoms with Crippen LogP contribution in [0.3, 0.4) is 0 Å². The van der Waals surface area contributed by atoms with Crippen LogP contribution in [0, 0.1) is 0 Å². The molecular weight excluding hydrogens is 421 g/mol. The fraction of sp³-hybridized carbons (Fsp3) is 0.0500. The minimum absolute atomic E-state index is 0.0591. The molecule has 144 valence electrons. The van der Waals surface area contributed by atoms with Crippen molar-refractivity contribution in [3.8, 4) is 11.5 Å². The number of nitrogens with one attached hydrogen (secondary N) is 1. The van der Waals surface area contributed by atoms with Gasteiger partial charge in [0.1, 0.15) is 5.75 Å². The number of hydrogen-bond acceptors (Lipinski definition) is 4. The van der Waals surface area contributed by atoms with Crippen molar-refractivity contribution in [1.82, 2.24) is 0 Å². The van der Waals surface area contributed by atoms with Crippen LogP contribution in [-0.2, 0) is 9.84 Å². The molecule has 28 heavy (non-hydrogen) atoms. The Kier molecular flexibility index (Phi) is 5.93. The first kappa shape index (κ1) is 20.2. The van der Waals surface area contributed by atoms with Crippen LogP contribution < -0.4 is 10.1 Å². The van der Waals surface area contributed by atoms with E-state index in [0.717, 1.165) is 6.26 Å². The van der Waals surface area contributed by atoms with Crippen molar-refractivity contribution in [3.05, 3.63) is 82.3 Å². The zero-order valence-electron chi connectivity index (χ0n) is 14.6. The van der Waals surface area contributed by atoms with Crippen LogP contribution in [0.1, 0.15) is 10.4 Å². The molecule has 0 aromatic heterocycles. The molecule has 0 aliphatic heterocycles. The van der Waals surface area contributed by atoms with Gasteiger partial charge in [0.25, 0.3) is 5.91 Å². The van der Waals surface area contributed by atoms with Gasteiger partial charge in [-0.1, -0.05) is 29.3 Å². The second-order valence-corrected chi connectivity index (χ2v) is 8.84. The number of carbonyl (C=O) groups excluding carboxylic acids is 1. The lowest BCUT2D eigenvalue weighted by Crippen LogP contribution is -2.13. The molecule has 0 aliphatic rings. The van der Waals surface area contributed by atoms with Gasteiger partial charge < -0.3 is 10.1 Å². The fourth-order valence-electron chi connectivity index (χ4n) is 2.38. The maximum absolute atomic E-state index is 12.6. The summed E-state index contributed by atoms with van der Waals surface area (Å²) in [5, 5.41) is 3.69. The standard InChI is InChI=1S/C20H15Cl2NO4S/c1-28(25,26)17-4-2-3-13(11-17)20(24)23-18-12-15(22)7-10-19(18)27-16-8-5-14(21)6-9-16/h2-12H,1H3,(H,23,24). The van der Waals surface area contributed by atoms with Crippen molar-refractivity contribution in [2.45, 2.75) is 4.90 Å². The summed E-state index contributed by atoms with van der Waals surface area (Å²) in [5.74, 6) is 0.411. The SMILES string of the molecule is CS(=O)(=O)c1cccc(C(=O)Nc2cc(Cl)ccc2Oc2ccc(Cl)cc2)c1. The highest BCUT2D eigenvalue weighted by Crippen LogP contribution is 2.33. The van der Waals surface area contributed by atoms with Gasteiger partial charge in [-0.15, -0.1) is 0 Å². The normalized spacial score (nSPS) is 11.1. The minimum atomic E-state index is -3.43. The van der Waals surface area contributed by atoms with E-state index in [1.165, 1.54) is 24.3 Å². The fourth-order valence-corrected chi connectivity index (χ4v) is 3.35. The summed E-state index contributed by atoms with van der Waals surface area (Å²) in [7, 11) is -3.43. The number of hydrogen-bond donors (Lipinski definition) is 1. The first-order valence-corrected chi connectivity index (χ1v) is 10.7. The zero-order chi connectivity index (χ0) is 20.3. The van der Waals surface area contributed by atoms with Gasteiger partial charge in [-0.3, -0.25) is 4.79 Å². The summed E-state index contributed by atoms with van der Waals surface area (Å²) >= 11 is 11.9. The Hall–Kier alpha value is -2.54. The smallest absolute Gasteiger partial charge is 0.255 e. The highest BCUT2D eigenvalue weighted by atomic mass is 35.5. The van der Waals surface area contributed by atoms with Crippen molar-refractivity contribution in [2.75, 3.05) is 11.6 Å². The molecular formula is C20H15Cl2NO4S. The molecule has 1 N–H and O–H groups in total. The van der Waals surface area contributed by atoms with E-state index < -0.39 is 15.7 Å². The van der Waals surface area contributed by atoms with E-state index in [-0.39, 0.29) is 10.5 Å². The van der Waals surface area contributed by atoms with Gasteiger partial charge >= 0.3 is 0 Å². The van der Waals surface area contributed by atoms with Crippen LogP contribution in [0.15, 0.2) is 71.6 Å². The van der Waals surface area contributed by atoms with E-state index in [1.807, 2.05) is 0 Å². The van der Waals surface area contributed by atoms with Crippen LogP contribution in [0.5, 0.6) is 11.5 Å². The molecule has 3 rings (SSSR count). The number of halogens is 2. The Morgan fingerprint density at radius 2 is 1.61 bits per heavy atom. The minimum Gasteiger partial charge on any atom is -0.455 e. The topological polar surface area (TPSA) is 72.5 Å². The first-order chi connectivity index (χ1) is 13.2. The third kappa shape index (κ3) is 5.04. The molecule has 0 spiro atoms. The van der Waals surface area contributed by atoms with Crippen molar-refractivity contribution >= 4 is 44.6 Å². The van der Waals surface area contributed by atoms with E-state index in [0.29, 0.717) is 27.2 Å². The van der Waals surface area contributed by atoms with Crippen molar-refractivity contribution in [1.29, 1.82) is 0 Å². The van der Waals surface area contributed by atoms with Gasteiger partial charge in [-0.05, 0) is 60.7 Å². The Bertz CT molecular complexity index is 1130. The van der Waals surface area contributed by atoms with Crippen LogP contribution in [0.4, 0.5) is 5.69 Å². The predicted octanol–water partition coefficient (Wildman–Crippen LogP) is 5.44. The van der Waals surface area contributed by atoms with Crippen molar-refractivity contribution in [2.24, 2.45) is 0 Å². The largest absolute Gasteiger partial charge is 0.455 e. The van der Waals surface area contributed by atoms with Gasteiger partial charge in [0.2, 0.25) is 0 Å². The molecule has 0 saturated carbocycles. The van der Waals surface area contributed by atoms with E-state index >= 15 is 0 Å². The number of rotatable bonds is 5. The molecule has 0 unspecified atom stereocenters. The Labute approximate surface area is 172 Å². The second kappa shape index (κ2) is 8.22. The van der Waals surface area contributed by atoms with Crippen LogP contribution in [0.2, 0.25) is 10.0 Å². The third-order valence-electron chi connectivity index (χ3n) is 3.76. The molecule has 3 aromatic carbocycles. The summed E-state index contributed by atoms with van der Waals surface area (Å²) < 4.78 is 29.2. The molecule has 8 heteroatoms. The molecule has 0 fully saturated rings. The predicted molar refractivity (Wildman–Crippen MR) is 110 cm³/mol.